The number of aromatic nitrogens is 2. The topological polar surface area (TPSA) is 76.6 Å². The van der Waals surface area contributed by atoms with Gasteiger partial charge < -0.3 is 19.7 Å². The number of allylic oxidation sites excluding steroid dienone is 1. The Kier molecular flexibility index (Phi) is 6.31. The van der Waals surface area contributed by atoms with Crippen LogP contribution >= 0.6 is 15.9 Å². The van der Waals surface area contributed by atoms with Crippen molar-refractivity contribution < 1.29 is 18.7 Å². The summed E-state index contributed by atoms with van der Waals surface area (Å²) in [5.74, 6) is 1.16. The summed E-state index contributed by atoms with van der Waals surface area (Å²) in [6, 6.07) is 8.34. The lowest BCUT2D eigenvalue weighted by Gasteiger charge is -2.18. The van der Waals surface area contributed by atoms with Crippen molar-refractivity contribution in [1.82, 2.24) is 14.9 Å². The van der Waals surface area contributed by atoms with Gasteiger partial charge in [-0.2, -0.15) is 0 Å². The molecule has 1 N–H and O–H groups in total. The zero-order chi connectivity index (χ0) is 21.8. The molecular formula is C22H20BrFN4O3. The Morgan fingerprint density at radius 3 is 2.90 bits per heavy atom. The van der Waals surface area contributed by atoms with Crippen LogP contribution in [0.4, 0.5) is 15.9 Å². The third kappa shape index (κ3) is 4.77. The van der Waals surface area contributed by atoms with Gasteiger partial charge in [-0.25, -0.2) is 14.4 Å². The van der Waals surface area contributed by atoms with Crippen molar-refractivity contribution in [2.75, 3.05) is 25.5 Å². The molecule has 0 unspecified atom stereocenters. The molecule has 4 rings (SSSR count). The second kappa shape index (κ2) is 9.30. The predicted octanol–water partition coefficient (Wildman–Crippen LogP) is 4.45. The fourth-order valence-electron chi connectivity index (χ4n) is 3.46. The van der Waals surface area contributed by atoms with E-state index in [9.17, 15) is 9.18 Å². The number of nitrogens with zero attached hydrogens (tertiary/aromatic N) is 3. The number of rotatable bonds is 7. The van der Waals surface area contributed by atoms with Crippen LogP contribution in [0, 0.1) is 5.82 Å². The van der Waals surface area contributed by atoms with Crippen LogP contribution in [-0.4, -0.2) is 47.5 Å². The lowest BCUT2D eigenvalue weighted by atomic mass is 10.2. The first-order valence-corrected chi connectivity index (χ1v) is 10.4. The number of hydrogen-bond acceptors (Lipinski definition) is 7. The second-order valence-corrected chi connectivity index (χ2v) is 7.91. The van der Waals surface area contributed by atoms with Crippen LogP contribution < -0.4 is 14.8 Å². The zero-order valence-electron chi connectivity index (χ0n) is 16.7. The van der Waals surface area contributed by atoms with E-state index in [-0.39, 0.29) is 6.10 Å². The highest BCUT2D eigenvalue weighted by Crippen LogP contribution is 2.36. The number of hydrogen-bond donors (Lipinski definition) is 1. The molecule has 7 nitrogen and oxygen atoms in total. The standard InChI is InChI=1S/C22H20BrFN4O3/c1-30-20-11-19-16(10-21(20)31-15-5-7-28(12-15)6-2-8-29)22(26-13-25-19)27-18-4-3-14(23)9-17(18)24/h2-4,6,8-11,13,15H,5,7,12H2,1H3,(H,25,26,27)/t15-/m0/s1. The van der Waals surface area contributed by atoms with Gasteiger partial charge in [-0.05, 0) is 30.3 Å². The van der Waals surface area contributed by atoms with E-state index >= 15 is 0 Å². The van der Waals surface area contributed by atoms with Crippen molar-refractivity contribution in [1.29, 1.82) is 0 Å². The molecule has 1 aliphatic rings. The van der Waals surface area contributed by atoms with Crippen LogP contribution in [0.5, 0.6) is 11.5 Å². The molecule has 0 radical (unpaired) electrons. The number of benzene rings is 2. The summed E-state index contributed by atoms with van der Waals surface area (Å²) in [4.78, 5) is 21.2. The third-order valence-electron chi connectivity index (χ3n) is 4.95. The SMILES string of the molecule is COc1cc2ncnc(Nc3ccc(Br)cc3F)c2cc1O[C@H]1CCN(C=CC=O)C1. The van der Waals surface area contributed by atoms with E-state index in [2.05, 4.69) is 31.2 Å². The lowest BCUT2D eigenvalue weighted by Crippen LogP contribution is -2.21. The fourth-order valence-corrected chi connectivity index (χ4v) is 3.79. The first-order chi connectivity index (χ1) is 15.1. The largest absolute Gasteiger partial charge is 0.493 e. The van der Waals surface area contributed by atoms with Crippen LogP contribution in [0.1, 0.15) is 6.42 Å². The molecule has 160 valence electrons. The minimum Gasteiger partial charge on any atom is -0.493 e. The van der Waals surface area contributed by atoms with E-state index in [1.807, 2.05) is 4.90 Å². The molecule has 2 heterocycles. The Hall–Kier alpha value is -3.20. The highest BCUT2D eigenvalue weighted by atomic mass is 79.9. The number of aldehydes is 1. The van der Waals surface area contributed by atoms with Crippen molar-refractivity contribution in [2.24, 2.45) is 0 Å². The molecule has 9 heteroatoms. The molecule has 0 bridgehead atoms. The highest BCUT2D eigenvalue weighted by Gasteiger charge is 2.23. The van der Waals surface area contributed by atoms with E-state index in [1.165, 1.54) is 18.5 Å². The summed E-state index contributed by atoms with van der Waals surface area (Å²) < 4.78 is 26.7. The number of methoxy groups -OCH3 is 1. The van der Waals surface area contributed by atoms with Crippen molar-refractivity contribution in [3.05, 3.63) is 59.2 Å². The van der Waals surface area contributed by atoms with Gasteiger partial charge in [0.25, 0.3) is 0 Å². The molecule has 1 atom stereocenters. The summed E-state index contributed by atoms with van der Waals surface area (Å²) in [6.45, 7) is 1.45. The highest BCUT2D eigenvalue weighted by molar-refractivity contribution is 9.10. The number of carbonyl (C=O) groups excluding carboxylic acids is 1. The average Bonchev–Trinajstić information content (AvgIpc) is 3.21. The van der Waals surface area contributed by atoms with E-state index in [0.29, 0.717) is 44.9 Å². The maximum absolute atomic E-state index is 14.3. The van der Waals surface area contributed by atoms with Gasteiger partial charge in [-0.15, -0.1) is 0 Å². The lowest BCUT2D eigenvalue weighted by molar-refractivity contribution is -0.104. The second-order valence-electron chi connectivity index (χ2n) is 6.99. The van der Waals surface area contributed by atoms with Crippen molar-refractivity contribution in [2.45, 2.75) is 12.5 Å². The first-order valence-electron chi connectivity index (χ1n) is 9.65. The summed E-state index contributed by atoms with van der Waals surface area (Å²) in [5.41, 5.74) is 0.941. The number of anilines is 2. The van der Waals surface area contributed by atoms with Gasteiger partial charge in [-0.1, -0.05) is 15.9 Å². The smallest absolute Gasteiger partial charge is 0.162 e. The van der Waals surface area contributed by atoms with E-state index < -0.39 is 5.82 Å². The summed E-state index contributed by atoms with van der Waals surface area (Å²) in [5, 5.41) is 3.71. The number of likely N-dealkylation sites (tertiary alicyclic amines) is 1. The van der Waals surface area contributed by atoms with E-state index in [0.717, 1.165) is 19.3 Å². The molecule has 1 aromatic heterocycles. The quantitative estimate of drug-likeness (QED) is 0.390. The van der Waals surface area contributed by atoms with Gasteiger partial charge in [0.05, 0.1) is 24.9 Å². The minimum atomic E-state index is -0.402. The number of nitrogens with one attached hydrogen (secondary N) is 1. The van der Waals surface area contributed by atoms with Gasteiger partial charge in [0.15, 0.2) is 11.5 Å². The molecule has 1 saturated heterocycles. The third-order valence-corrected chi connectivity index (χ3v) is 5.44. The number of ether oxygens (including phenoxy) is 2. The normalized spacial score (nSPS) is 16.1. The van der Waals surface area contributed by atoms with Crippen molar-refractivity contribution in [3.8, 4) is 11.5 Å². The number of halogens is 2. The van der Waals surface area contributed by atoms with Crippen molar-refractivity contribution >= 4 is 44.6 Å². The number of carbonyl (C=O) groups is 1. The van der Waals surface area contributed by atoms with E-state index in [1.54, 1.807) is 37.6 Å². The summed E-state index contributed by atoms with van der Waals surface area (Å²) >= 11 is 3.26. The molecule has 3 aromatic rings. The first kappa shape index (κ1) is 21.0. The summed E-state index contributed by atoms with van der Waals surface area (Å²) in [7, 11) is 1.57. The average molecular weight is 487 g/mol. The van der Waals surface area contributed by atoms with Crippen LogP contribution in [0.25, 0.3) is 10.9 Å². The molecule has 1 fully saturated rings. The van der Waals surface area contributed by atoms with Gasteiger partial charge in [0.2, 0.25) is 0 Å². The Morgan fingerprint density at radius 2 is 2.13 bits per heavy atom. The maximum Gasteiger partial charge on any atom is 0.162 e. The summed E-state index contributed by atoms with van der Waals surface area (Å²) in [6.07, 6.45) is 6.14. The molecular weight excluding hydrogens is 467 g/mol. The van der Waals surface area contributed by atoms with Gasteiger partial charge in [-0.3, -0.25) is 4.79 Å². The molecule has 0 saturated carbocycles. The molecule has 0 spiro atoms. The minimum absolute atomic E-state index is 0.0624. The Bertz CT molecular complexity index is 1140. The fraction of sp³-hybridized carbons (Fsp3) is 0.227. The Morgan fingerprint density at radius 1 is 1.26 bits per heavy atom. The van der Waals surface area contributed by atoms with E-state index in [4.69, 9.17) is 9.47 Å². The molecule has 0 aliphatic carbocycles. The predicted molar refractivity (Wildman–Crippen MR) is 119 cm³/mol. The maximum atomic E-state index is 14.3. The van der Waals surface area contributed by atoms with Gasteiger partial charge in [0.1, 0.15) is 30.4 Å². The van der Waals surface area contributed by atoms with Crippen LogP contribution in [0.3, 0.4) is 0 Å². The zero-order valence-corrected chi connectivity index (χ0v) is 18.3. The Labute approximate surface area is 187 Å². The van der Waals surface area contributed by atoms with Crippen LogP contribution in [-0.2, 0) is 4.79 Å². The van der Waals surface area contributed by atoms with Gasteiger partial charge >= 0.3 is 0 Å². The monoisotopic (exact) mass is 486 g/mol. The molecule has 2 aromatic carbocycles. The Balaban J connectivity index is 1.64. The number of fused-ring (bicyclic) bond motifs is 1. The molecule has 0 amide bonds. The molecule has 1 aliphatic heterocycles. The molecule has 31 heavy (non-hydrogen) atoms. The van der Waals surface area contributed by atoms with Crippen molar-refractivity contribution in [3.63, 3.8) is 0 Å². The van der Waals surface area contributed by atoms with Crippen LogP contribution in [0.2, 0.25) is 0 Å². The van der Waals surface area contributed by atoms with Crippen LogP contribution in [0.15, 0.2) is 53.4 Å². The van der Waals surface area contributed by atoms with Gasteiger partial charge in [0, 0.05) is 35.1 Å².